The third kappa shape index (κ3) is 2.62. The van der Waals surface area contributed by atoms with Gasteiger partial charge in [0.25, 0.3) is 5.91 Å². The number of hydrogen-bond donors (Lipinski definition) is 0. The molecule has 0 radical (unpaired) electrons. The summed E-state index contributed by atoms with van der Waals surface area (Å²) in [6, 6.07) is 5.64. The maximum Gasteiger partial charge on any atom is 0.265 e. The fourth-order valence-corrected chi connectivity index (χ4v) is 3.38. The van der Waals surface area contributed by atoms with Crippen molar-refractivity contribution in [2.75, 3.05) is 18.1 Å². The number of benzene rings is 1. The van der Waals surface area contributed by atoms with E-state index in [-0.39, 0.29) is 24.8 Å². The van der Waals surface area contributed by atoms with E-state index in [1.54, 1.807) is 11.3 Å². The van der Waals surface area contributed by atoms with E-state index in [9.17, 15) is 9.59 Å². The van der Waals surface area contributed by atoms with E-state index in [0.717, 1.165) is 21.1 Å². The number of amides is 1. The van der Waals surface area contributed by atoms with Crippen molar-refractivity contribution >= 4 is 28.7 Å². The summed E-state index contributed by atoms with van der Waals surface area (Å²) in [5, 5.41) is 0.998. The number of ether oxygens (including phenoxy) is 1. The van der Waals surface area contributed by atoms with Crippen LogP contribution in [0.15, 0.2) is 18.2 Å². The Hall–Kier alpha value is -2.21. The first kappa shape index (κ1) is 14.7. The molecular formula is C16H16N2O3S. The average Bonchev–Trinajstić information content (AvgIpc) is 2.80. The van der Waals surface area contributed by atoms with Gasteiger partial charge >= 0.3 is 0 Å². The Kier molecular flexibility index (Phi) is 3.70. The first-order chi connectivity index (χ1) is 10.5. The molecule has 6 heteroatoms. The summed E-state index contributed by atoms with van der Waals surface area (Å²) in [4.78, 5) is 30.6. The fourth-order valence-electron chi connectivity index (χ4n) is 2.54. The highest BCUT2D eigenvalue weighted by Crippen LogP contribution is 2.37. The Morgan fingerprint density at radius 2 is 2.18 bits per heavy atom. The zero-order valence-corrected chi connectivity index (χ0v) is 13.5. The Labute approximate surface area is 132 Å². The molecule has 0 fully saturated rings. The second-order valence-electron chi connectivity index (χ2n) is 5.29. The minimum atomic E-state index is -0.203. The van der Waals surface area contributed by atoms with Gasteiger partial charge < -0.3 is 4.74 Å². The molecule has 22 heavy (non-hydrogen) atoms. The van der Waals surface area contributed by atoms with Crippen LogP contribution in [0.2, 0.25) is 0 Å². The lowest BCUT2D eigenvalue weighted by molar-refractivity contribution is -0.123. The van der Waals surface area contributed by atoms with Crippen LogP contribution in [0.4, 0.5) is 5.69 Å². The third-order valence-corrected chi connectivity index (χ3v) is 4.35. The molecule has 0 atom stereocenters. The van der Waals surface area contributed by atoms with Crippen molar-refractivity contribution in [2.45, 2.75) is 20.8 Å². The number of hydrogen-bond acceptors (Lipinski definition) is 5. The summed E-state index contributed by atoms with van der Waals surface area (Å²) >= 11 is 1.64. The lowest BCUT2D eigenvalue weighted by Crippen LogP contribution is -2.41. The van der Waals surface area contributed by atoms with Crippen molar-refractivity contribution in [1.82, 2.24) is 4.98 Å². The van der Waals surface area contributed by atoms with E-state index in [4.69, 9.17) is 4.74 Å². The van der Waals surface area contributed by atoms with Crippen molar-refractivity contribution in [3.63, 3.8) is 0 Å². The zero-order valence-electron chi connectivity index (χ0n) is 12.7. The Bertz CT molecular complexity index is 767. The van der Waals surface area contributed by atoms with Gasteiger partial charge in [-0.1, -0.05) is 0 Å². The number of thiazole rings is 1. The van der Waals surface area contributed by atoms with Crippen molar-refractivity contribution in [3.8, 4) is 17.0 Å². The van der Waals surface area contributed by atoms with E-state index < -0.39 is 0 Å². The number of anilines is 1. The Morgan fingerprint density at radius 1 is 1.41 bits per heavy atom. The van der Waals surface area contributed by atoms with Gasteiger partial charge in [0.05, 0.1) is 22.9 Å². The highest BCUT2D eigenvalue weighted by Gasteiger charge is 2.27. The number of rotatable bonds is 3. The van der Waals surface area contributed by atoms with Gasteiger partial charge in [-0.2, -0.15) is 0 Å². The van der Waals surface area contributed by atoms with E-state index >= 15 is 0 Å². The predicted molar refractivity (Wildman–Crippen MR) is 85.6 cm³/mol. The second kappa shape index (κ2) is 5.53. The molecule has 3 rings (SSSR count). The average molecular weight is 316 g/mol. The van der Waals surface area contributed by atoms with Crippen molar-refractivity contribution < 1.29 is 14.3 Å². The van der Waals surface area contributed by atoms with Gasteiger partial charge in [-0.25, -0.2) is 4.98 Å². The topological polar surface area (TPSA) is 59.5 Å². The molecular weight excluding hydrogens is 300 g/mol. The van der Waals surface area contributed by atoms with E-state index in [2.05, 4.69) is 4.98 Å². The summed E-state index contributed by atoms with van der Waals surface area (Å²) in [7, 11) is 0. The number of nitrogens with zero attached hydrogens (tertiary/aromatic N) is 2. The maximum atomic E-state index is 12.0. The smallest absolute Gasteiger partial charge is 0.265 e. The van der Waals surface area contributed by atoms with Crippen LogP contribution < -0.4 is 9.64 Å². The third-order valence-electron chi connectivity index (χ3n) is 3.46. The SMILES string of the molecule is CC(=O)CN1C(=O)COc2ccc(-c3nc(C)sc3C)cc21. The molecule has 2 aromatic rings. The van der Waals surface area contributed by atoms with Gasteiger partial charge in [0.1, 0.15) is 11.5 Å². The number of ketones is 1. The molecule has 1 aromatic carbocycles. The van der Waals surface area contributed by atoms with Gasteiger partial charge in [0, 0.05) is 10.4 Å². The molecule has 0 aliphatic carbocycles. The minimum absolute atomic E-state index is 0.0333. The van der Waals surface area contributed by atoms with Crippen molar-refractivity contribution in [1.29, 1.82) is 0 Å². The summed E-state index contributed by atoms with van der Waals surface area (Å²) in [6.45, 7) is 5.49. The van der Waals surface area contributed by atoms with Crippen LogP contribution in [0, 0.1) is 13.8 Å². The molecule has 5 nitrogen and oxygen atoms in total. The second-order valence-corrected chi connectivity index (χ2v) is 6.70. The van der Waals surface area contributed by atoms with Crippen LogP contribution in [0.1, 0.15) is 16.8 Å². The maximum absolute atomic E-state index is 12.0. The number of aryl methyl sites for hydroxylation is 2. The summed E-state index contributed by atoms with van der Waals surface area (Å²) < 4.78 is 5.45. The molecule has 0 spiro atoms. The van der Waals surface area contributed by atoms with Gasteiger partial charge in [0.2, 0.25) is 0 Å². The summed E-state index contributed by atoms with van der Waals surface area (Å²) in [5.74, 6) is 0.354. The van der Waals surface area contributed by atoms with Gasteiger partial charge in [-0.15, -0.1) is 11.3 Å². The summed E-state index contributed by atoms with van der Waals surface area (Å²) in [6.07, 6.45) is 0. The van der Waals surface area contributed by atoms with Gasteiger partial charge in [-0.05, 0) is 39.0 Å². The predicted octanol–water partition coefficient (Wildman–Crippen LogP) is 2.74. The molecule has 114 valence electrons. The molecule has 1 amide bonds. The fraction of sp³-hybridized carbons (Fsp3) is 0.312. The van der Waals surface area contributed by atoms with Crippen LogP contribution in [-0.4, -0.2) is 29.8 Å². The van der Waals surface area contributed by atoms with Crippen molar-refractivity contribution in [2.24, 2.45) is 0 Å². The van der Waals surface area contributed by atoms with E-state index in [1.807, 2.05) is 32.0 Å². The lowest BCUT2D eigenvalue weighted by atomic mass is 10.1. The standard InChI is InChI=1S/C16H16N2O3S/c1-9(19)7-18-13-6-12(16-10(2)22-11(3)17-16)4-5-14(13)21-8-15(18)20/h4-6H,7-8H2,1-3H3. The quantitative estimate of drug-likeness (QED) is 0.873. The molecule has 0 N–H and O–H groups in total. The van der Waals surface area contributed by atoms with Crippen molar-refractivity contribution in [3.05, 3.63) is 28.1 Å². The number of carbonyl (C=O) groups excluding carboxylic acids is 2. The molecule has 0 bridgehead atoms. The zero-order chi connectivity index (χ0) is 15.9. The minimum Gasteiger partial charge on any atom is -0.482 e. The number of Topliss-reactive ketones (excluding diaryl/α,β-unsaturated/α-hetero) is 1. The molecule has 1 aliphatic rings. The summed E-state index contributed by atoms with van der Waals surface area (Å²) in [5.41, 5.74) is 2.47. The Balaban J connectivity index is 2.07. The number of carbonyl (C=O) groups is 2. The van der Waals surface area contributed by atoms with Crippen LogP contribution in [0.3, 0.4) is 0 Å². The monoisotopic (exact) mass is 316 g/mol. The highest BCUT2D eigenvalue weighted by molar-refractivity contribution is 7.11. The number of aromatic nitrogens is 1. The van der Waals surface area contributed by atoms with E-state index in [1.165, 1.54) is 11.8 Å². The molecule has 1 aliphatic heterocycles. The normalized spacial score (nSPS) is 13.8. The molecule has 0 saturated carbocycles. The lowest BCUT2D eigenvalue weighted by Gasteiger charge is -2.29. The molecule has 1 aromatic heterocycles. The first-order valence-electron chi connectivity index (χ1n) is 6.97. The highest BCUT2D eigenvalue weighted by atomic mass is 32.1. The molecule has 0 unspecified atom stereocenters. The first-order valence-corrected chi connectivity index (χ1v) is 7.78. The van der Waals surface area contributed by atoms with Gasteiger partial charge in [-0.3, -0.25) is 14.5 Å². The largest absolute Gasteiger partial charge is 0.482 e. The van der Waals surface area contributed by atoms with Crippen LogP contribution in [0.25, 0.3) is 11.3 Å². The van der Waals surface area contributed by atoms with Crippen LogP contribution in [0.5, 0.6) is 5.75 Å². The van der Waals surface area contributed by atoms with E-state index in [0.29, 0.717) is 11.4 Å². The Morgan fingerprint density at radius 3 is 2.82 bits per heavy atom. The molecule has 0 saturated heterocycles. The van der Waals surface area contributed by atoms with Crippen LogP contribution in [-0.2, 0) is 9.59 Å². The van der Waals surface area contributed by atoms with Gasteiger partial charge in [0.15, 0.2) is 6.61 Å². The molecule has 2 heterocycles. The van der Waals surface area contributed by atoms with Crippen LogP contribution >= 0.6 is 11.3 Å². The number of fused-ring (bicyclic) bond motifs is 1.